The highest BCUT2D eigenvalue weighted by Gasteiger charge is 2.57. The topological polar surface area (TPSA) is 18.5 Å². The van der Waals surface area contributed by atoms with E-state index < -0.39 is 0 Å². The van der Waals surface area contributed by atoms with E-state index in [-0.39, 0.29) is 5.79 Å². The first-order chi connectivity index (χ1) is 11.6. The van der Waals surface area contributed by atoms with Gasteiger partial charge in [0.2, 0.25) is 0 Å². The van der Waals surface area contributed by atoms with Crippen molar-refractivity contribution in [3.05, 3.63) is 0 Å². The molecule has 0 aromatic carbocycles. The Morgan fingerprint density at radius 3 is 2.29 bits per heavy atom. The first kappa shape index (κ1) is 17.3. The van der Waals surface area contributed by atoms with Gasteiger partial charge in [-0.3, -0.25) is 0 Å². The molecule has 24 heavy (non-hydrogen) atoms. The molecule has 4 fully saturated rings. The second-order valence-corrected chi connectivity index (χ2v) is 9.72. The zero-order valence-corrected chi connectivity index (χ0v) is 16.4. The molecule has 0 amide bonds. The van der Waals surface area contributed by atoms with Crippen molar-refractivity contribution in [2.45, 2.75) is 83.8 Å². The lowest BCUT2D eigenvalue weighted by Gasteiger charge is -2.57. The molecular weight excluding hydrogens is 296 g/mol. The van der Waals surface area contributed by atoms with Crippen molar-refractivity contribution in [3.8, 4) is 0 Å². The molecule has 2 nitrogen and oxygen atoms in total. The summed E-state index contributed by atoms with van der Waals surface area (Å²) >= 11 is 0. The predicted octanol–water partition coefficient (Wildman–Crippen LogP) is 5.65. The van der Waals surface area contributed by atoms with Crippen molar-refractivity contribution in [1.29, 1.82) is 0 Å². The van der Waals surface area contributed by atoms with Crippen molar-refractivity contribution in [3.63, 3.8) is 0 Å². The van der Waals surface area contributed by atoms with Gasteiger partial charge < -0.3 is 9.47 Å². The van der Waals surface area contributed by atoms with Crippen LogP contribution in [0.5, 0.6) is 0 Å². The van der Waals surface area contributed by atoms with Gasteiger partial charge in [-0.25, -0.2) is 0 Å². The third-order valence-corrected chi connectivity index (χ3v) is 9.38. The van der Waals surface area contributed by atoms with E-state index in [4.69, 9.17) is 9.47 Å². The zero-order valence-electron chi connectivity index (χ0n) is 16.4. The minimum Gasteiger partial charge on any atom is -0.353 e. The molecular formula is C22H38O2. The third kappa shape index (κ3) is 2.42. The van der Waals surface area contributed by atoms with Crippen LogP contribution in [-0.4, -0.2) is 20.0 Å². The molecule has 4 aliphatic rings. The SMILES string of the molecule is CCC1CCC2C3CCC4CC(OC)(OC)CCC4C3CCC12C. The summed E-state index contributed by atoms with van der Waals surface area (Å²) in [4.78, 5) is 0. The Labute approximate surface area is 149 Å². The lowest BCUT2D eigenvalue weighted by molar-refractivity contribution is -0.247. The summed E-state index contributed by atoms with van der Waals surface area (Å²) in [6.07, 6.45) is 13.9. The van der Waals surface area contributed by atoms with E-state index >= 15 is 0 Å². The highest BCUT2D eigenvalue weighted by molar-refractivity contribution is 5.06. The lowest BCUT2D eigenvalue weighted by atomic mass is 9.49. The van der Waals surface area contributed by atoms with Crippen LogP contribution in [0, 0.1) is 40.9 Å². The summed E-state index contributed by atoms with van der Waals surface area (Å²) in [6.45, 7) is 5.08. The maximum atomic E-state index is 5.80. The van der Waals surface area contributed by atoms with Crippen LogP contribution in [0.25, 0.3) is 0 Å². The van der Waals surface area contributed by atoms with Gasteiger partial charge in [0.05, 0.1) is 0 Å². The van der Waals surface area contributed by atoms with Crippen LogP contribution >= 0.6 is 0 Å². The maximum Gasteiger partial charge on any atom is 0.167 e. The van der Waals surface area contributed by atoms with E-state index in [1.54, 1.807) is 0 Å². The Hall–Kier alpha value is -0.0800. The first-order valence-electron chi connectivity index (χ1n) is 10.7. The first-order valence-corrected chi connectivity index (χ1v) is 10.7. The fraction of sp³-hybridized carbons (Fsp3) is 1.00. The van der Waals surface area contributed by atoms with Crippen LogP contribution in [0.2, 0.25) is 0 Å². The monoisotopic (exact) mass is 334 g/mol. The van der Waals surface area contributed by atoms with Gasteiger partial charge in [-0.15, -0.1) is 0 Å². The number of hydrogen-bond donors (Lipinski definition) is 0. The van der Waals surface area contributed by atoms with Crippen LogP contribution < -0.4 is 0 Å². The molecule has 4 rings (SSSR count). The molecule has 138 valence electrons. The Kier molecular flexibility index (Phi) is 4.53. The molecule has 7 unspecified atom stereocenters. The molecule has 0 aromatic rings. The third-order valence-electron chi connectivity index (χ3n) is 9.38. The predicted molar refractivity (Wildman–Crippen MR) is 97.6 cm³/mol. The van der Waals surface area contributed by atoms with Crippen LogP contribution in [0.4, 0.5) is 0 Å². The highest BCUT2D eigenvalue weighted by atomic mass is 16.7. The maximum absolute atomic E-state index is 5.80. The molecule has 0 aromatic heterocycles. The van der Waals surface area contributed by atoms with Gasteiger partial charge in [0.1, 0.15) is 0 Å². The molecule has 0 N–H and O–H groups in total. The van der Waals surface area contributed by atoms with Gasteiger partial charge in [0, 0.05) is 27.1 Å². The van der Waals surface area contributed by atoms with Crippen LogP contribution in [-0.2, 0) is 9.47 Å². The van der Waals surface area contributed by atoms with Gasteiger partial charge in [0.15, 0.2) is 5.79 Å². The Morgan fingerprint density at radius 1 is 0.833 bits per heavy atom. The van der Waals surface area contributed by atoms with E-state index in [9.17, 15) is 0 Å². The molecule has 0 saturated heterocycles. The fourth-order valence-corrected chi connectivity index (χ4v) is 8.06. The molecule has 4 aliphatic carbocycles. The van der Waals surface area contributed by atoms with Crippen molar-refractivity contribution in [2.24, 2.45) is 40.9 Å². The zero-order chi connectivity index (χ0) is 16.9. The quantitative estimate of drug-likeness (QED) is 0.620. The number of hydrogen-bond acceptors (Lipinski definition) is 2. The van der Waals surface area contributed by atoms with Crippen molar-refractivity contribution in [1.82, 2.24) is 0 Å². The molecule has 7 atom stereocenters. The van der Waals surface area contributed by atoms with Crippen LogP contribution in [0.3, 0.4) is 0 Å². The van der Waals surface area contributed by atoms with Crippen molar-refractivity contribution >= 4 is 0 Å². The smallest absolute Gasteiger partial charge is 0.167 e. The van der Waals surface area contributed by atoms with Crippen LogP contribution in [0.1, 0.15) is 78.1 Å². The van der Waals surface area contributed by atoms with Crippen molar-refractivity contribution < 1.29 is 9.47 Å². The highest BCUT2D eigenvalue weighted by Crippen LogP contribution is 2.65. The molecule has 0 spiro atoms. The summed E-state index contributed by atoms with van der Waals surface area (Å²) in [5.41, 5.74) is 0.667. The normalized spacial score (nSPS) is 50.0. The average Bonchev–Trinajstić information content (AvgIpc) is 2.97. The van der Waals surface area contributed by atoms with Gasteiger partial charge >= 0.3 is 0 Å². The number of ether oxygens (including phenoxy) is 2. The molecule has 0 heterocycles. The average molecular weight is 335 g/mol. The van der Waals surface area contributed by atoms with Crippen LogP contribution in [0.15, 0.2) is 0 Å². The van der Waals surface area contributed by atoms with Gasteiger partial charge in [-0.2, -0.15) is 0 Å². The largest absolute Gasteiger partial charge is 0.353 e. The molecule has 2 heteroatoms. The summed E-state index contributed by atoms with van der Waals surface area (Å²) in [5.74, 6) is 5.57. The Morgan fingerprint density at radius 2 is 1.58 bits per heavy atom. The lowest BCUT2D eigenvalue weighted by Crippen LogP contribution is -2.51. The molecule has 0 radical (unpaired) electrons. The Balaban J connectivity index is 1.52. The number of methoxy groups -OCH3 is 2. The second-order valence-electron chi connectivity index (χ2n) is 9.72. The summed E-state index contributed by atoms with van der Waals surface area (Å²) < 4.78 is 11.6. The summed E-state index contributed by atoms with van der Waals surface area (Å²) in [7, 11) is 3.68. The standard InChI is InChI=1S/C22H38O2/c1-5-16-7-9-20-19-8-6-15-14-22(23-3,24-4)13-11-17(15)18(19)10-12-21(16,20)2/h15-20H,5-14H2,1-4H3. The van der Waals surface area contributed by atoms with Crippen molar-refractivity contribution in [2.75, 3.05) is 14.2 Å². The second kappa shape index (κ2) is 6.27. The molecule has 0 bridgehead atoms. The van der Waals surface area contributed by atoms with Gasteiger partial charge in [-0.1, -0.05) is 20.3 Å². The summed E-state index contributed by atoms with van der Waals surface area (Å²) in [5, 5.41) is 0. The minimum atomic E-state index is -0.280. The van der Waals surface area contributed by atoms with E-state index in [1.807, 2.05) is 14.2 Å². The van der Waals surface area contributed by atoms with E-state index in [0.29, 0.717) is 5.41 Å². The fourth-order valence-electron chi connectivity index (χ4n) is 8.06. The van der Waals surface area contributed by atoms with E-state index in [2.05, 4.69) is 13.8 Å². The molecule has 0 aliphatic heterocycles. The Bertz CT molecular complexity index is 457. The van der Waals surface area contributed by atoms with Gasteiger partial charge in [-0.05, 0) is 85.9 Å². The number of rotatable bonds is 3. The molecule has 4 saturated carbocycles. The van der Waals surface area contributed by atoms with Gasteiger partial charge in [0.25, 0.3) is 0 Å². The van der Waals surface area contributed by atoms with E-state index in [0.717, 1.165) is 48.3 Å². The van der Waals surface area contributed by atoms with E-state index in [1.165, 1.54) is 51.4 Å². The summed E-state index contributed by atoms with van der Waals surface area (Å²) in [6, 6.07) is 0. The number of fused-ring (bicyclic) bond motifs is 5. The minimum absolute atomic E-state index is 0.280.